The summed E-state index contributed by atoms with van der Waals surface area (Å²) in [5.41, 5.74) is 9.40. The molecule has 1 atom stereocenters. The molecule has 4 aliphatic rings. The molecule has 5 amide bonds. The summed E-state index contributed by atoms with van der Waals surface area (Å²) in [6.07, 6.45) is 15.8. The summed E-state index contributed by atoms with van der Waals surface area (Å²) in [6.45, 7) is 6.47. The van der Waals surface area contributed by atoms with Crippen molar-refractivity contribution in [2.75, 3.05) is 47.9 Å². The van der Waals surface area contributed by atoms with Gasteiger partial charge in [0.1, 0.15) is 16.9 Å². The molecule has 8 rings (SSSR count). The Labute approximate surface area is 383 Å². The molecule has 0 bridgehead atoms. The number of hydrogen-bond donors (Lipinski definition) is 4. The topological polar surface area (TPSA) is 218 Å². The van der Waals surface area contributed by atoms with Gasteiger partial charge in [-0.2, -0.15) is 0 Å². The van der Waals surface area contributed by atoms with Crippen LogP contribution in [-0.4, -0.2) is 105 Å². The van der Waals surface area contributed by atoms with Crippen LogP contribution in [0, 0.1) is 0 Å². The van der Waals surface area contributed by atoms with E-state index in [0.717, 1.165) is 97.0 Å². The zero-order valence-corrected chi connectivity index (χ0v) is 37.6. The average molecular weight is 904 g/mol. The maximum absolute atomic E-state index is 13.0. The summed E-state index contributed by atoms with van der Waals surface area (Å²) in [6, 6.07) is 12.5. The number of amides is 5. The summed E-state index contributed by atoms with van der Waals surface area (Å²) in [4.78, 5) is 87.2. The third kappa shape index (κ3) is 12.0. The van der Waals surface area contributed by atoms with Crippen LogP contribution in [0.3, 0.4) is 0 Å². The van der Waals surface area contributed by atoms with Crippen molar-refractivity contribution in [1.82, 2.24) is 35.5 Å². The number of nitrogens with two attached hydrogens (primary N) is 1. The maximum Gasteiger partial charge on any atom is 0.255 e. The Hall–Kier alpha value is -5.98. The number of nitrogens with one attached hydrogen (secondary N) is 3. The van der Waals surface area contributed by atoms with Gasteiger partial charge < -0.3 is 35.8 Å². The molecule has 2 aromatic heterocycles. The van der Waals surface area contributed by atoms with E-state index in [0.29, 0.717) is 49.6 Å². The first-order valence-electron chi connectivity index (χ1n) is 22.6. The van der Waals surface area contributed by atoms with Gasteiger partial charge in [-0.1, -0.05) is 49.6 Å². The van der Waals surface area contributed by atoms with Crippen LogP contribution in [0.5, 0.6) is 0 Å². The lowest BCUT2D eigenvalue weighted by Gasteiger charge is -2.38. The molecule has 2 aromatic carbocycles. The number of piperidine rings is 2. The molecule has 0 saturated carbocycles. The minimum Gasteiger partial charge on any atom is -0.375 e. The van der Waals surface area contributed by atoms with Crippen LogP contribution >= 0.6 is 11.8 Å². The third-order valence-corrected chi connectivity index (χ3v) is 13.4. The van der Waals surface area contributed by atoms with Crippen molar-refractivity contribution in [1.29, 1.82) is 0 Å². The van der Waals surface area contributed by atoms with Gasteiger partial charge in [-0.05, 0) is 80.5 Å². The number of unbranched alkanes of at least 4 members (excludes halogenated alkanes) is 5. The molecule has 17 nitrogen and oxygen atoms in total. The molecule has 18 heteroatoms. The van der Waals surface area contributed by atoms with E-state index in [9.17, 15) is 24.0 Å². The Bertz CT molecular complexity index is 2330. The fraction of sp³-hybridized carbons (Fsp3) is 0.468. The lowest BCUT2D eigenvalue weighted by Crippen LogP contribution is -2.53. The second-order valence-electron chi connectivity index (χ2n) is 17.6. The van der Waals surface area contributed by atoms with Crippen LogP contribution in [0.4, 0.5) is 17.5 Å². The summed E-state index contributed by atoms with van der Waals surface area (Å²) < 4.78 is 6.05. The number of benzene rings is 2. The molecule has 3 fully saturated rings. The van der Waals surface area contributed by atoms with E-state index in [-0.39, 0.29) is 54.8 Å². The fourth-order valence-corrected chi connectivity index (χ4v) is 9.12. The first-order chi connectivity index (χ1) is 31.5. The van der Waals surface area contributed by atoms with Crippen molar-refractivity contribution in [2.24, 2.45) is 5.73 Å². The van der Waals surface area contributed by atoms with Crippen molar-refractivity contribution < 1.29 is 28.7 Å². The minimum atomic E-state index is -0.675. The van der Waals surface area contributed by atoms with E-state index in [2.05, 4.69) is 47.7 Å². The summed E-state index contributed by atoms with van der Waals surface area (Å²) in [5.74, 6) is 0.138. The number of nitrogens with zero attached hydrogens (tertiary/aromatic N) is 7. The fourth-order valence-electron chi connectivity index (χ4n) is 8.40. The molecule has 1 unspecified atom stereocenters. The van der Waals surface area contributed by atoms with Gasteiger partial charge in [0.2, 0.25) is 23.7 Å². The first kappa shape index (κ1) is 45.6. The van der Waals surface area contributed by atoms with Gasteiger partial charge >= 0.3 is 0 Å². The van der Waals surface area contributed by atoms with Crippen LogP contribution in [0.2, 0.25) is 0 Å². The van der Waals surface area contributed by atoms with E-state index in [1.807, 2.05) is 47.6 Å². The molecule has 3 saturated heterocycles. The Morgan fingerprint density at radius 2 is 1.63 bits per heavy atom. The van der Waals surface area contributed by atoms with E-state index in [1.165, 1.54) is 17.3 Å². The number of carbonyl (C=O) groups excluding carboxylic acids is 5. The number of anilines is 3. The van der Waals surface area contributed by atoms with Gasteiger partial charge in [0, 0.05) is 92.8 Å². The number of fused-ring (bicyclic) bond motifs is 1. The molecular weight excluding hydrogens is 847 g/mol. The molecule has 4 aliphatic heterocycles. The predicted octanol–water partition coefficient (Wildman–Crippen LogP) is 5.00. The van der Waals surface area contributed by atoms with Crippen LogP contribution in [0.15, 0.2) is 77.2 Å². The summed E-state index contributed by atoms with van der Waals surface area (Å²) in [7, 11) is 0. The standard InChI is InChI=1S/C47H57N11O6S/c1-47(48)17-19-56(20-18-47)39-26-50-42(27-49-39)65-36-12-10-34(11-13-36)54-40(59)8-6-4-2-3-5-7-21-64-35-29-57(30-35)46-52-24-33(25-53-46)43(61)51-23-31-9-14-37-32(22-31)28-58(45(37)63)38-15-16-41(60)55-44(38)62/h9-14,22,24-27,35,38H,2-8,15-21,23,28-30,48H2,1H3,(H,51,61)(H,54,59)(H,55,60,62). The van der Waals surface area contributed by atoms with E-state index >= 15 is 0 Å². The monoisotopic (exact) mass is 903 g/mol. The van der Waals surface area contributed by atoms with Gasteiger partial charge in [0.05, 0.1) is 24.1 Å². The van der Waals surface area contributed by atoms with Gasteiger partial charge in [-0.15, -0.1) is 0 Å². The number of carbonyl (C=O) groups is 5. The van der Waals surface area contributed by atoms with Crippen molar-refractivity contribution in [3.8, 4) is 0 Å². The quantitative estimate of drug-likeness (QED) is 0.0720. The normalized spacial score (nSPS) is 18.3. The van der Waals surface area contributed by atoms with Crippen LogP contribution < -0.4 is 31.5 Å². The number of rotatable bonds is 19. The van der Waals surface area contributed by atoms with Crippen LogP contribution in [0.1, 0.15) is 109 Å². The SMILES string of the molecule is CC1(N)CCN(c2cnc(Sc3ccc(NC(=O)CCCCCCCCOC4CN(c5ncc(C(=O)NCc6ccc7c(c6)CN(C6CCC(=O)NC6=O)C7=O)cn5)C4)cc3)cn2)CC1. The molecular formula is C47H57N11O6S. The number of imide groups is 1. The highest BCUT2D eigenvalue weighted by molar-refractivity contribution is 7.99. The second-order valence-corrected chi connectivity index (χ2v) is 18.7. The van der Waals surface area contributed by atoms with E-state index in [1.54, 1.807) is 23.9 Å². The molecule has 5 N–H and O–H groups in total. The first-order valence-corrected chi connectivity index (χ1v) is 23.4. The number of hydrogen-bond acceptors (Lipinski definition) is 14. The smallest absolute Gasteiger partial charge is 0.255 e. The molecule has 0 aliphatic carbocycles. The van der Waals surface area contributed by atoms with E-state index in [4.69, 9.17) is 10.5 Å². The van der Waals surface area contributed by atoms with Gasteiger partial charge in [0.25, 0.3) is 11.8 Å². The minimum absolute atomic E-state index is 0.0294. The summed E-state index contributed by atoms with van der Waals surface area (Å²) in [5, 5.41) is 9.04. The van der Waals surface area contributed by atoms with Crippen molar-refractivity contribution in [3.63, 3.8) is 0 Å². The number of aromatic nitrogens is 4. The summed E-state index contributed by atoms with van der Waals surface area (Å²) >= 11 is 1.54. The molecule has 6 heterocycles. The second kappa shape index (κ2) is 20.9. The molecule has 342 valence electrons. The molecule has 0 spiro atoms. The molecule has 65 heavy (non-hydrogen) atoms. The third-order valence-electron chi connectivity index (χ3n) is 12.4. The molecule has 4 aromatic rings. The van der Waals surface area contributed by atoms with E-state index < -0.39 is 11.9 Å². The Kier molecular flexibility index (Phi) is 14.7. The highest BCUT2D eigenvalue weighted by Crippen LogP contribution is 2.30. The van der Waals surface area contributed by atoms with Gasteiger partial charge in [-0.3, -0.25) is 29.3 Å². The van der Waals surface area contributed by atoms with Crippen LogP contribution in [-0.2, 0) is 32.2 Å². The van der Waals surface area contributed by atoms with Gasteiger partial charge in [-0.25, -0.2) is 19.9 Å². The highest BCUT2D eigenvalue weighted by atomic mass is 32.2. The zero-order chi connectivity index (χ0) is 45.3. The Balaban J connectivity index is 0.638. The van der Waals surface area contributed by atoms with Crippen molar-refractivity contribution in [2.45, 2.75) is 118 Å². The lowest BCUT2D eigenvalue weighted by atomic mass is 9.91. The lowest BCUT2D eigenvalue weighted by molar-refractivity contribution is -0.137. The van der Waals surface area contributed by atoms with Crippen LogP contribution in [0.25, 0.3) is 0 Å². The zero-order valence-electron chi connectivity index (χ0n) is 36.8. The largest absolute Gasteiger partial charge is 0.375 e. The number of ether oxygens (including phenoxy) is 1. The van der Waals surface area contributed by atoms with Crippen molar-refractivity contribution >= 4 is 58.8 Å². The Morgan fingerprint density at radius 3 is 2.35 bits per heavy atom. The van der Waals surface area contributed by atoms with Gasteiger partial charge in [0.15, 0.2) is 0 Å². The predicted molar refractivity (Wildman–Crippen MR) is 245 cm³/mol. The average Bonchev–Trinajstić information content (AvgIpc) is 3.61. The molecule has 0 radical (unpaired) electrons. The maximum atomic E-state index is 13.0. The van der Waals surface area contributed by atoms with Crippen molar-refractivity contribution in [3.05, 3.63) is 89.5 Å². The Morgan fingerprint density at radius 1 is 0.892 bits per heavy atom. The highest BCUT2D eigenvalue weighted by Gasteiger charge is 2.39.